The minimum Gasteiger partial charge on any atom is -0.507 e. The average Bonchev–Trinajstić information content (AvgIpc) is 2.79. The Hall–Kier alpha value is -2.30. The van der Waals surface area contributed by atoms with Crippen molar-refractivity contribution in [1.82, 2.24) is 0 Å². The number of unbranched alkanes of at least 4 members (excludes halogenated alkanes) is 2. The summed E-state index contributed by atoms with van der Waals surface area (Å²) in [5.74, 6) is 0.358. The summed E-state index contributed by atoms with van der Waals surface area (Å²) in [6.07, 6.45) is 4.01. The molecule has 3 aromatic carbocycles. The Bertz CT molecular complexity index is 1200. The lowest BCUT2D eigenvalue weighted by atomic mass is 9.98. The van der Waals surface area contributed by atoms with Crippen molar-refractivity contribution >= 4 is 19.4 Å². The van der Waals surface area contributed by atoms with Crippen LogP contribution in [0.25, 0.3) is 11.1 Å². The normalized spacial score (nSPS) is 20.3. The molecule has 2 atom stereocenters. The molecule has 1 N–H and O–H groups in total. The molecule has 4 rings (SSSR count). The molecular weight excluding hydrogens is 471 g/mol. The Morgan fingerprint density at radius 2 is 1.94 bits per heavy atom. The van der Waals surface area contributed by atoms with Gasteiger partial charge in [-0.05, 0) is 60.7 Å². The topological polar surface area (TPSA) is 65.0 Å². The van der Waals surface area contributed by atoms with Crippen molar-refractivity contribution in [3.05, 3.63) is 82.4 Å². The molecule has 0 aromatic heterocycles. The fraction of sp³-hybridized carbons (Fsp3) is 0.333. The first-order valence-electron chi connectivity index (χ1n) is 11.7. The van der Waals surface area contributed by atoms with E-state index in [4.69, 9.17) is 25.2 Å². The zero-order valence-electron chi connectivity index (χ0n) is 19.5. The lowest BCUT2D eigenvalue weighted by molar-refractivity contribution is 0.0510. The second kappa shape index (κ2) is 11.0. The largest absolute Gasteiger partial charge is 0.530 e. The maximum absolute atomic E-state index is 13.6. The van der Waals surface area contributed by atoms with Gasteiger partial charge in [-0.25, -0.2) is 4.57 Å². The van der Waals surface area contributed by atoms with Gasteiger partial charge in [0.2, 0.25) is 0 Å². The fourth-order valence-corrected chi connectivity index (χ4v) is 5.76. The molecule has 0 aliphatic carbocycles. The van der Waals surface area contributed by atoms with E-state index >= 15 is 0 Å². The molecule has 1 aliphatic heterocycles. The summed E-state index contributed by atoms with van der Waals surface area (Å²) >= 11 is 6.14. The second-order valence-corrected chi connectivity index (χ2v) is 10.6. The SMILES string of the molecule is CCCCCc1cc(O)c(-c2cccc(C)c2)c(OP2(=O)OCCC(c3cccc(Cl)c3)O2)c1. The standard InChI is InChI=1S/C27H30ClO5P/c1-3-4-5-9-20-16-24(29)27(22-11-6-8-19(2)15-22)26(17-20)33-34(30)31-14-13-25(32-34)21-10-7-12-23(28)18-21/h6-8,10-12,15-18,25,29H,3-5,9,13-14H2,1-2H3. The van der Waals surface area contributed by atoms with Crippen molar-refractivity contribution in [3.63, 3.8) is 0 Å². The van der Waals surface area contributed by atoms with E-state index < -0.39 is 13.9 Å². The highest BCUT2D eigenvalue weighted by Gasteiger charge is 2.38. The second-order valence-electron chi connectivity index (χ2n) is 8.62. The number of aryl methyl sites for hydroxylation is 2. The highest BCUT2D eigenvalue weighted by Crippen LogP contribution is 2.58. The van der Waals surface area contributed by atoms with Crippen LogP contribution in [0, 0.1) is 6.92 Å². The molecule has 1 fully saturated rings. The van der Waals surface area contributed by atoms with E-state index in [9.17, 15) is 9.67 Å². The molecule has 34 heavy (non-hydrogen) atoms. The van der Waals surface area contributed by atoms with Crippen LogP contribution in [0.5, 0.6) is 11.5 Å². The van der Waals surface area contributed by atoms with Crippen LogP contribution in [0.4, 0.5) is 0 Å². The van der Waals surface area contributed by atoms with Crippen LogP contribution in [-0.2, 0) is 20.0 Å². The van der Waals surface area contributed by atoms with Gasteiger partial charge in [0.25, 0.3) is 0 Å². The van der Waals surface area contributed by atoms with Crippen LogP contribution in [0.3, 0.4) is 0 Å². The third-order valence-corrected chi connectivity index (χ3v) is 7.50. The molecule has 2 unspecified atom stereocenters. The zero-order chi connectivity index (χ0) is 24.1. The number of phenols is 1. The minimum atomic E-state index is -3.96. The van der Waals surface area contributed by atoms with E-state index in [0.29, 0.717) is 17.0 Å². The Morgan fingerprint density at radius 1 is 1.12 bits per heavy atom. The van der Waals surface area contributed by atoms with Crippen LogP contribution in [0.2, 0.25) is 5.02 Å². The Morgan fingerprint density at radius 3 is 2.71 bits per heavy atom. The molecule has 1 saturated heterocycles. The van der Waals surface area contributed by atoms with Crippen molar-refractivity contribution in [1.29, 1.82) is 0 Å². The van der Waals surface area contributed by atoms with E-state index in [1.165, 1.54) is 0 Å². The maximum atomic E-state index is 13.6. The van der Waals surface area contributed by atoms with Gasteiger partial charge in [0, 0.05) is 11.4 Å². The zero-order valence-corrected chi connectivity index (χ0v) is 21.1. The van der Waals surface area contributed by atoms with Gasteiger partial charge >= 0.3 is 7.82 Å². The molecule has 0 spiro atoms. The lowest BCUT2D eigenvalue weighted by Gasteiger charge is -2.30. The quantitative estimate of drug-likeness (QED) is 0.248. The first-order valence-corrected chi connectivity index (χ1v) is 13.5. The van der Waals surface area contributed by atoms with E-state index in [2.05, 4.69) is 6.92 Å². The maximum Gasteiger partial charge on any atom is 0.530 e. The molecule has 180 valence electrons. The van der Waals surface area contributed by atoms with Crippen LogP contribution < -0.4 is 4.52 Å². The van der Waals surface area contributed by atoms with Crippen molar-refractivity contribution in [2.45, 2.75) is 52.1 Å². The van der Waals surface area contributed by atoms with Gasteiger partial charge in [-0.3, -0.25) is 9.05 Å². The fourth-order valence-electron chi connectivity index (χ4n) is 4.16. The predicted molar refractivity (Wildman–Crippen MR) is 136 cm³/mol. The lowest BCUT2D eigenvalue weighted by Crippen LogP contribution is -2.16. The Kier molecular flexibility index (Phi) is 8.00. The summed E-state index contributed by atoms with van der Waals surface area (Å²) in [4.78, 5) is 0. The molecule has 1 heterocycles. The first kappa shape index (κ1) is 24.8. The van der Waals surface area contributed by atoms with Crippen molar-refractivity contribution in [2.24, 2.45) is 0 Å². The number of hydrogen-bond donors (Lipinski definition) is 1. The van der Waals surface area contributed by atoms with Gasteiger partial charge in [0.15, 0.2) is 0 Å². The number of phosphoric acid groups is 1. The van der Waals surface area contributed by atoms with E-state index in [1.54, 1.807) is 18.2 Å². The Labute approximate surface area is 206 Å². The molecule has 0 radical (unpaired) electrons. The van der Waals surface area contributed by atoms with Gasteiger partial charge in [-0.15, -0.1) is 0 Å². The molecular formula is C27H30ClO5P. The average molecular weight is 501 g/mol. The first-order chi connectivity index (χ1) is 16.4. The number of phenolic OH excluding ortho intramolecular Hbond substituents is 1. The number of rotatable bonds is 8. The molecule has 7 heteroatoms. The highest BCUT2D eigenvalue weighted by molar-refractivity contribution is 7.49. The number of aromatic hydroxyl groups is 1. The van der Waals surface area contributed by atoms with E-state index in [0.717, 1.165) is 47.9 Å². The van der Waals surface area contributed by atoms with Gasteiger partial charge < -0.3 is 9.63 Å². The molecule has 1 aliphatic rings. The summed E-state index contributed by atoms with van der Waals surface area (Å²) in [7, 11) is -3.96. The summed E-state index contributed by atoms with van der Waals surface area (Å²) in [5.41, 5.74) is 3.99. The number of hydrogen-bond acceptors (Lipinski definition) is 5. The number of halogens is 1. The molecule has 5 nitrogen and oxygen atoms in total. The van der Waals surface area contributed by atoms with Crippen molar-refractivity contribution < 1.29 is 23.2 Å². The van der Waals surface area contributed by atoms with Gasteiger partial charge in [0.1, 0.15) is 11.5 Å². The van der Waals surface area contributed by atoms with Gasteiger partial charge in [-0.2, -0.15) is 0 Å². The monoisotopic (exact) mass is 500 g/mol. The summed E-state index contributed by atoms with van der Waals surface area (Å²) in [6, 6.07) is 18.6. The van der Waals surface area contributed by atoms with E-state index in [1.807, 2.05) is 49.4 Å². The summed E-state index contributed by atoms with van der Waals surface area (Å²) < 4.78 is 31.0. The summed E-state index contributed by atoms with van der Waals surface area (Å²) in [6.45, 7) is 4.34. The molecule has 0 bridgehead atoms. The third-order valence-electron chi connectivity index (χ3n) is 5.83. The van der Waals surface area contributed by atoms with Crippen LogP contribution in [0.1, 0.15) is 55.4 Å². The third kappa shape index (κ3) is 6.03. The predicted octanol–water partition coefficient (Wildman–Crippen LogP) is 8.42. The van der Waals surface area contributed by atoms with Crippen LogP contribution in [-0.4, -0.2) is 11.7 Å². The summed E-state index contributed by atoms with van der Waals surface area (Å²) in [5, 5.41) is 11.6. The number of phosphoric ester groups is 1. The van der Waals surface area contributed by atoms with E-state index in [-0.39, 0.29) is 18.1 Å². The van der Waals surface area contributed by atoms with Crippen molar-refractivity contribution in [2.75, 3.05) is 6.61 Å². The van der Waals surface area contributed by atoms with Gasteiger partial charge in [0.05, 0.1) is 18.3 Å². The van der Waals surface area contributed by atoms with Crippen LogP contribution >= 0.6 is 19.4 Å². The van der Waals surface area contributed by atoms with Gasteiger partial charge in [-0.1, -0.05) is 73.3 Å². The molecule has 0 amide bonds. The smallest absolute Gasteiger partial charge is 0.507 e. The minimum absolute atomic E-state index is 0.0737. The highest BCUT2D eigenvalue weighted by atomic mass is 35.5. The number of benzene rings is 3. The Balaban J connectivity index is 1.68. The molecule has 0 saturated carbocycles. The van der Waals surface area contributed by atoms with Crippen LogP contribution in [0.15, 0.2) is 60.7 Å². The molecule has 3 aromatic rings. The van der Waals surface area contributed by atoms with Crippen molar-refractivity contribution in [3.8, 4) is 22.6 Å².